The molecule has 3 amide bonds. The number of hydrogen-bond donors (Lipinski definition) is 1. The van der Waals surface area contributed by atoms with Crippen LogP contribution in [0, 0.1) is 6.92 Å². The van der Waals surface area contributed by atoms with Crippen molar-refractivity contribution < 1.29 is 19.1 Å². The maximum absolute atomic E-state index is 13.8. The molecule has 1 aromatic heterocycles. The number of carbonyl (C=O) groups is 2. The van der Waals surface area contributed by atoms with Gasteiger partial charge in [0, 0.05) is 50.2 Å². The summed E-state index contributed by atoms with van der Waals surface area (Å²) in [5.41, 5.74) is 5.29. The average molecular weight is 539 g/mol. The number of benzene rings is 3. The van der Waals surface area contributed by atoms with Gasteiger partial charge in [-0.05, 0) is 60.5 Å². The molecule has 0 atom stereocenters. The second-order valence-corrected chi connectivity index (χ2v) is 9.72. The van der Waals surface area contributed by atoms with Crippen LogP contribution in [-0.2, 0) is 6.54 Å². The lowest BCUT2D eigenvalue weighted by molar-refractivity contribution is 0.0664. The number of piperazine rings is 1. The SMILES string of the molecule is COc1ccc(-c2cc(C(=O)N3CCN(C(=O)NCc4ccccc4)CC3)c(C)n2-c2cccc(OC)c2)cc1. The van der Waals surface area contributed by atoms with Gasteiger partial charge < -0.3 is 29.2 Å². The topological polar surface area (TPSA) is 76.0 Å². The molecule has 1 aliphatic heterocycles. The van der Waals surface area contributed by atoms with E-state index in [0.717, 1.165) is 39.7 Å². The van der Waals surface area contributed by atoms with E-state index in [1.54, 1.807) is 19.1 Å². The Morgan fingerprint density at radius 1 is 0.775 bits per heavy atom. The highest BCUT2D eigenvalue weighted by Crippen LogP contribution is 2.32. The molecular formula is C32H34N4O4. The number of nitrogens with zero attached hydrogens (tertiary/aromatic N) is 3. The number of hydrogen-bond acceptors (Lipinski definition) is 4. The van der Waals surface area contributed by atoms with Gasteiger partial charge in [0.15, 0.2) is 0 Å². The zero-order valence-electron chi connectivity index (χ0n) is 23.1. The molecule has 1 fully saturated rings. The predicted molar refractivity (Wildman–Crippen MR) is 155 cm³/mol. The second-order valence-electron chi connectivity index (χ2n) is 9.72. The minimum atomic E-state index is -0.113. The third kappa shape index (κ3) is 5.66. The number of amides is 3. The summed E-state index contributed by atoms with van der Waals surface area (Å²) in [7, 11) is 3.28. The van der Waals surface area contributed by atoms with Gasteiger partial charge in [-0.2, -0.15) is 0 Å². The molecule has 1 saturated heterocycles. The lowest BCUT2D eigenvalue weighted by Gasteiger charge is -2.34. The molecule has 0 unspecified atom stereocenters. The molecule has 0 spiro atoms. The van der Waals surface area contributed by atoms with Crippen molar-refractivity contribution in [1.82, 2.24) is 19.7 Å². The predicted octanol–water partition coefficient (Wildman–Crippen LogP) is 5.14. The second kappa shape index (κ2) is 12.0. The summed E-state index contributed by atoms with van der Waals surface area (Å²) in [6.45, 7) is 4.34. The van der Waals surface area contributed by atoms with Crippen LogP contribution in [-0.4, -0.2) is 66.7 Å². The highest BCUT2D eigenvalue weighted by molar-refractivity contribution is 5.97. The van der Waals surface area contributed by atoms with Gasteiger partial charge in [0.2, 0.25) is 0 Å². The smallest absolute Gasteiger partial charge is 0.317 e. The summed E-state index contributed by atoms with van der Waals surface area (Å²) in [4.78, 5) is 30.1. The lowest BCUT2D eigenvalue weighted by Crippen LogP contribution is -2.53. The number of aromatic nitrogens is 1. The van der Waals surface area contributed by atoms with Gasteiger partial charge in [-0.25, -0.2) is 4.79 Å². The van der Waals surface area contributed by atoms with Gasteiger partial charge in [-0.15, -0.1) is 0 Å². The highest BCUT2D eigenvalue weighted by Gasteiger charge is 2.28. The summed E-state index contributed by atoms with van der Waals surface area (Å²) < 4.78 is 12.9. The summed E-state index contributed by atoms with van der Waals surface area (Å²) in [5, 5.41) is 2.98. The van der Waals surface area contributed by atoms with Crippen molar-refractivity contribution in [3.63, 3.8) is 0 Å². The van der Waals surface area contributed by atoms with Crippen molar-refractivity contribution in [2.75, 3.05) is 40.4 Å². The van der Waals surface area contributed by atoms with Crippen LogP contribution < -0.4 is 14.8 Å². The van der Waals surface area contributed by atoms with E-state index in [0.29, 0.717) is 38.3 Å². The van der Waals surface area contributed by atoms with E-state index in [2.05, 4.69) is 9.88 Å². The Bertz CT molecular complexity index is 1470. The third-order valence-electron chi connectivity index (χ3n) is 7.32. The Labute approximate surface area is 234 Å². The van der Waals surface area contributed by atoms with Crippen molar-refractivity contribution in [3.8, 4) is 28.4 Å². The molecule has 0 saturated carbocycles. The van der Waals surface area contributed by atoms with Crippen molar-refractivity contribution in [1.29, 1.82) is 0 Å². The van der Waals surface area contributed by atoms with Crippen molar-refractivity contribution in [2.24, 2.45) is 0 Å². The number of methoxy groups -OCH3 is 2. The fourth-order valence-corrected chi connectivity index (χ4v) is 5.05. The van der Waals surface area contributed by atoms with E-state index in [1.165, 1.54) is 0 Å². The van der Waals surface area contributed by atoms with Gasteiger partial charge in [0.25, 0.3) is 5.91 Å². The first kappa shape index (κ1) is 26.9. The van der Waals surface area contributed by atoms with Crippen molar-refractivity contribution in [3.05, 3.63) is 102 Å². The Kier molecular flexibility index (Phi) is 8.05. The molecular weight excluding hydrogens is 504 g/mol. The zero-order chi connectivity index (χ0) is 28.1. The van der Waals surface area contributed by atoms with E-state index in [9.17, 15) is 9.59 Å². The van der Waals surface area contributed by atoms with E-state index in [4.69, 9.17) is 9.47 Å². The minimum absolute atomic E-state index is 0.0433. The molecule has 206 valence electrons. The maximum atomic E-state index is 13.8. The first-order valence-electron chi connectivity index (χ1n) is 13.4. The van der Waals surface area contributed by atoms with E-state index in [-0.39, 0.29) is 11.9 Å². The number of carbonyl (C=O) groups excluding carboxylic acids is 2. The Hall–Kier alpha value is -4.72. The molecule has 8 nitrogen and oxygen atoms in total. The molecule has 2 heterocycles. The summed E-state index contributed by atoms with van der Waals surface area (Å²) in [6.07, 6.45) is 0. The molecule has 4 aromatic rings. The fraction of sp³-hybridized carbons (Fsp3) is 0.250. The van der Waals surface area contributed by atoms with E-state index >= 15 is 0 Å². The highest BCUT2D eigenvalue weighted by atomic mass is 16.5. The zero-order valence-corrected chi connectivity index (χ0v) is 23.1. The number of nitrogens with one attached hydrogen (secondary N) is 1. The van der Waals surface area contributed by atoms with Crippen molar-refractivity contribution in [2.45, 2.75) is 13.5 Å². The molecule has 40 heavy (non-hydrogen) atoms. The average Bonchev–Trinajstić information content (AvgIpc) is 3.36. The quantitative estimate of drug-likeness (QED) is 0.354. The van der Waals surface area contributed by atoms with Crippen molar-refractivity contribution >= 4 is 11.9 Å². The monoisotopic (exact) mass is 538 g/mol. The van der Waals surface area contributed by atoms with Crippen LogP contribution in [0.4, 0.5) is 4.79 Å². The Balaban J connectivity index is 1.36. The molecule has 0 radical (unpaired) electrons. The number of urea groups is 1. The van der Waals surface area contributed by atoms with Crippen LogP contribution >= 0.6 is 0 Å². The summed E-state index contributed by atoms with van der Waals surface area (Å²) in [6, 6.07) is 27.3. The van der Waals surface area contributed by atoms with Gasteiger partial charge in [-0.3, -0.25) is 4.79 Å². The Morgan fingerprint density at radius 2 is 1.45 bits per heavy atom. The van der Waals surface area contributed by atoms with Crippen LogP contribution in [0.25, 0.3) is 16.9 Å². The van der Waals surface area contributed by atoms with Gasteiger partial charge in [-0.1, -0.05) is 36.4 Å². The molecule has 3 aromatic carbocycles. The molecule has 5 rings (SSSR count). The first-order chi connectivity index (χ1) is 19.5. The molecule has 1 N–H and O–H groups in total. The minimum Gasteiger partial charge on any atom is -0.497 e. The number of ether oxygens (including phenoxy) is 2. The van der Waals surface area contributed by atoms with Gasteiger partial charge >= 0.3 is 6.03 Å². The number of rotatable bonds is 7. The first-order valence-corrected chi connectivity index (χ1v) is 13.4. The third-order valence-corrected chi connectivity index (χ3v) is 7.32. The van der Waals surface area contributed by atoms with Crippen LogP contribution in [0.2, 0.25) is 0 Å². The van der Waals surface area contributed by atoms with Crippen LogP contribution in [0.3, 0.4) is 0 Å². The molecule has 1 aliphatic rings. The molecule has 8 heteroatoms. The summed E-state index contributed by atoms with van der Waals surface area (Å²) >= 11 is 0. The van der Waals surface area contributed by atoms with E-state index < -0.39 is 0 Å². The van der Waals surface area contributed by atoms with Crippen LogP contribution in [0.15, 0.2) is 84.9 Å². The maximum Gasteiger partial charge on any atom is 0.317 e. The van der Waals surface area contributed by atoms with Crippen LogP contribution in [0.5, 0.6) is 11.5 Å². The normalized spacial score (nSPS) is 13.2. The fourth-order valence-electron chi connectivity index (χ4n) is 5.05. The van der Waals surface area contributed by atoms with Gasteiger partial charge in [0.1, 0.15) is 11.5 Å². The summed E-state index contributed by atoms with van der Waals surface area (Å²) in [5.74, 6) is 1.46. The molecule has 0 bridgehead atoms. The lowest BCUT2D eigenvalue weighted by atomic mass is 10.1. The standard InChI is InChI=1S/C32H34N4O4/c1-23-29(31(37)34-16-18-35(19-17-34)32(38)33-22-24-8-5-4-6-9-24)21-30(25-12-14-27(39-2)15-13-25)36(23)26-10-7-11-28(20-26)40-3/h4-15,20-21H,16-19,22H2,1-3H3,(H,33,38). The van der Waals surface area contributed by atoms with E-state index in [1.807, 2.05) is 96.8 Å². The van der Waals surface area contributed by atoms with Crippen LogP contribution in [0.1, 0.15) is 21.6 Å². The largest absolute Gasteiger partial charge is 0.497 e. The van der Waals surface area contributed by atoms with Gasteiger partial charge in [0.05, 0.1) is 25.5 Å². The Morgan fingerprint density at radius 3 is 2.12 bits per heavy atom. The molecule has 0 aliphatic carbocycles.